The van der Waals surface area contributed by atoms with Crippen LogP contribution in [0.3, 0.4) is 0 Å². The van der Waals surface area contributed by atoms with Crippen molar-refractivity contribution in [2.45, 2.75) is 44.6 Å². The second kappa shape index (κ2) is 8.52. The van der Waals surface area contributed by atoms with Crippen molar-refractivity contribution in [3.8, 4) is 5.69 Å². The maximum absolute atomic E-state index is 13.2. The van der Waals surface area contributed by atoms with Gasteiger partial charge in [-0.2, -0.15) is 0 Å². The van der Waals surface area contributed by atoms with E-state index < -0.39 is 0 Å². The first-order chi connectivity index (χ1) is 15.0. The number of fused-ring (bicyclic) bond motifs is 3. The van der Waals surface area contributed by atoms with Crippen molar-refractivity contribution in [3.63, 3.8) is 0 Å². The number of carbonyl (C=O) groups excluding carboxylic acids is 1. The molecule has 0 spiro atoms. The van der Waals surface area contributed by atoms with E-state index in [1.165, 1.54) is 28.7 Å². The number of nitrogens with zero attached hydrogens (tertiary/aromatic N) is 3. The van der Waals surface area contributed by atoms with E-state index in [2.05, 4.69) is 42.6 Å². The molecule has 0 saturated heterocycles. The molecule has 4 aromatic rings. The Morgan fingerprint density at radius 3 is 2.74 bits per heavy atom. The van der Waals surface area contributed by atoms with Gasteiger partial charge in [-0.25, -0.2) is 9.97 Å². The molecule has 1 aliphatic carbocycles. The summed E-state index contributed by atoms with van der Waals surface area (Å²) in [4.78, 5) is 24.7. The predicted molar refractivity (Wildman–Crippen MR) is 132 cm³/mol. The second-order valence-corrected chi connectivity index (χ2v) is 10.8. The van der Waals surface area contributed by atoms with E-state index >= 15 is 0 Å². The molecule has 0 amide bonds. The van der Waals surface area contributed by atoms with Gasteiger partial charge < -0.3 is 4.57 Å². The highest BCUT2D eigenvalue weighted by Gasteiger charge is 2.22. The molecule has 158 valence electrons. The number of hydrogen-bond acceptors (Lipinski definition) is 5. The summed E-state index contributed by atoms with van der Waals surface area (Å²) >= 11 is 6.82. The van der Waals surface area contributed by atoms with E-state index in [0.717, 1.165) is 49.8 Å². The topological polar surface area (TPSA) is 47.8 Å². The van der Waals surface area contributed by atoms with Crippen molar-refractivity contribution in [3.05, 3.63) is 68.5 Å². The van der Waals surface area contributed by atoms with Crippen LogP contribution in [0.4, 0.5) is 0 Å². The Morgan fingerprint density at radius 2 is 1.94 bits per heavy atom. The van der Waals surface area contributed by atoms with Gasteiger partial charge in [0, 0.05) is 37.4 Å². The second-order valence-electron chi connectivity index (χ2n) is 7.88. The average molecular weight is 512 g/mol. The number of aromatic nitrogens is 3. The fourth-order valence-corrected chi connectivity index (χ4v) is 6.88. The largest absolute Gasteiger partial charge is 0.318 e. The molecular weight excluding hydrogens is 490 g/mol. The number of ketones is 1. The van der Waals surface area contributed by atoms with Gasteiger partial charge in [-0.3, -0.25) is 4.79 Å². The number of rotatable bonds is 5. The van der Waals surface area contributed by atoms with Crippen LogP contribution in [0, 0.1) is 13.8 Å². The van der Waals surface area contributed by atoms with E-state index in [1.807, 2.05) is 32.0 Å². The van der Waals surface area contributed by atoms with Crippen LogP contribution in [0.5, 0.6) is 0 Å². The minimum Gasteiger partial charge on any atom is -0.318 e. The quantitative estimate of drug-likeness (QED) is 0.169. The molecule has 0 atom stereocenters. The van der Waals surface area contributed by atoms with Crippen molar-refractivity contribution in [2.75, 3.05) is 5.75 Å². The monoisotopic (exact) mass is 511 g/mol. The number of benzene rings is 1. The fraction of sp³-hybridized carbons (Fsp3) is 0.292. The maximum atomic E-state index is 13.2. The molecule has 3 aromatic heterocycles. The highest BCUT2D eigenvalue weighted by molar-refractivity contribution is 9.10. The number of halogens is 1. The molecule has 0 fully saturated rings. The van der Waals surface area contributed by atoms with Gasteiger partial charge in [-0.1, -0.05) is 27.7 Å². The zero-order valence-corrected chi connectivity index (χ0v) is 20.7. The van der Waals surface area contributed by atoms with E-state index in [4.69, 9.17) is 0 Å². The maximum Gasteiger partial charge on any atom is 0.174 e. The number of Topliss-reactive ketones (excluding diaryl/α,β-unsaturated/α-hetero) is 1. The van der Waals surface area contributed by atoms with Crippen molar-refractivity contribution in [1.82, 2.24) is 14.5 Å². The first kappa shape index (κ1) is 20.9. The molecule has 0 unspecified atom stereocenters. The summed E-state index contributed by atoms with van der Waals surface area (Å²) in [6.45, 7) is 4.07. The highest BCUT2D eigenvalue weighted by atomic mass is 79.9. The number of thiophene rings is 1. The smallest absolute Gasteiger partial charge is 0.174 e. The van der Waals surface area contributed by atoms with Crippen molar-refractivity contribution in [1.29, 1.82) is 0 Å². The fourth-order valence-electron chi connectivity index (χ4n) is 4.41. The van der Waals surface area contributed by atoms with Gasteiger partial charge in [0.2, 0.25) is 0 Å². The molecule has 1 aliphatic rings. The van der Waals surface area contributed by atoms with Gasteiger partial charge >= 0.3 is 0 Å². The summed E-state index contributed by atoms with van der Waals surface area (Å²) < 4.78 is 3.18. The zero-order chi connectivity index (χ0) is 21.5. The Kier molecular flexibility index (Phi) is 5.75. The lowest BCUT2D eigenvalue weighted by molar-refractivity contribution is 0.102. The molecule has 4 nitrogen and oxygen atoms in total. The van der Waals surface area contributed by atoms with Gasteiger partial charge in [-0.05, 0) is 75.4 Å². The van der Waals surface area contributed by atoms with Crippen molar-refractivity contribution < 1.29 is 4.79 Å². The van der Waals surface area contributed by atoms with Gasteiger partial charge in [0.05, 0.1) is 5.75 Å². The minimum absolute atomic E-state index is 0.136. The Labute approximate surface area is 198 Å². The first-order valence-electron chi connectivity index (χ1n) is 10.4. The van der Waals surface area contributed by atoms with Gasteiger partial charge in [0.25, 0.3) is 0 Å². The summed E-state index contributed by atoms with van der Waals surface area (Å²) in [6.07, 6.45) is 6.34. The van der Waals surface area contributed by atoms with Crippen LogP contribution in [-0.2, 0) is 12.8 Å². The van der Waals surface area contributed by atoms with Crippen molar-refractivity contribution in [2.24, 2.45) is 0 Å². The van der Waals surface area contributed by atoms with E-state index in [0.29, 0.717) is 5.75 Å². The lowest BCUT2D eigenvalue weighted by Gasteiger charge is -2.11. The third kappa shape index (κ3) is 3.88. The molecule has 1 aromatic carbocycles. The Bertz CT molecular complexity index is 1290. The lowest BCUT2D eigenvalue weighted by Crippen LogP contribution is -2.06. The van der Waals surface area contributed by atoms with E-state index in [9.17, 15) is 4.79 Å². The molecule has 7 heteroatoms. The highest BCUT2D eigenvalue weighted by Crippen LogP contribution is 2.39. The number of thioether (sulfide) groups is 1. The molecular formula is C24H22BrN3OS2. The summed E-state index contributed by atoms with van der Waals surface area (Å²) in [5.74, 6) is 0.513. The first-order valence-corrected chi connectivity index (χ1v) is 13.0. The van der Waals surface area contributed by atoms with E-state index in [1.54, 1.807) is 29.4 Å². The summed E-state index contributed by atoms with van der Waals surface area (Å²) in [5, 5.41) is 2.12. The summed E-state index contributed by atoms with van der Waals surface area (Å²) in [6, 6.07) is 10.2. The molecule has 5 rings (SSSR count). The van der Waals surface area contributed by atoms with E-state index in [-0.39, 0.29) is 5.78 Å². The van der Waals surface area contributed by atoms with Gasteiger partial charge in [0.1, 0.15) is 16.2 Å². The number of hydrogen-bond donors (Lipinski definition) is 0. The van der Waals surface area contributed by atoms with Crippen LogP contribution < -0.4 is 0 Å². The SMILES string of the molecule is Cc1cc(C(=O)CSc2ncnc3sc4c(c23)CCCC4)c(C)n1-c1ccc(Br)cc1. The molecule has 31 heavy (non-hydrogen) atoms. The number of carbonyl (C=O) groups is 1. The summed E-state index contributed by atoms with van der Waals surface area (Å²) in [5.41, 5.74) is 5.30. The standard InChI is InChI=1S/C24H22BrN3OS2/c1-14-11-19(15(2)28(14)17-9-7-16(25)8-10-17)20(29)12-30-23-22-18-5-3-4-6-21(18)31-24(22)27-13-26-23/h7-11,13H,3-6,12H2,1-2H3. The van der Waals surface area contributed by atoms with Crippen LogP contribution in [-0.4, -0.2) is 26.1 Å². The van der Waals surface area contributed by atoms with Crippen LogP contribution in [0.1, 0.15) is 45.0 Å². The minimum atomic E-state index is 0.136. The van der Waals surface area contributed by atoms with Crippen LogP contribution >= 0.6 is 39.0 Å². The molecule has 3 heterocycles. The van der Waals surface area contributed by atoms with Crippen LogP contribution in [0.2, 0.25) is 0 Å². The molecule has 0 N–H and O–H groups in total. The predicted octanol–water partition coefficient (Wildman–Crippen LogP) is 6.72. The van der Waals surface area contributed by atoms with Crippen molar-refractivity contribution >= 4 is 55.0 Å². The lowest BCUT2D eigenvalue weighted by atomic mass is 9.97. The Hall–Kier alpha value is -1.96. The van der Waals surface area contributed by atoms with Crippen LogP contribution in [0.15, 0.2) is 46.2 Å². The zero-order valence-electron chi connectivity index (χ0n) is 17.4. The van der Waals surface area contributed by atoms with Gasteiger partial charge in [0.15, 0.2) is 5.78 Å². The molecule has 0 radical (unpaired) electrons. The average Bonchev–Trinajstić information content (AvgIpc) is 3.30. The Morgan fingerprint density at radius 1 is 1.16 bits per heavy atom. The summed E-state index contributed by atoms with van der Waals surface area (Å²) in [7, 11) is 0. The normalized spacial score (nSPS) is 13.5. The van der Waals surface area contributed by atoms with Gasteiger partial charge in [-0.15, -0.1) is 11.3 Å². The van der Waals surface area contributed by atoms with Crippen LogP contribution in [0.25, 0.3) is 15.9 Å². The Balaban J connectivity index is 1.41. The molecule has 0 saturated carbocycles. The molecule has 0 aliphatic heterocycles. The third-order valence-electron chi connectivity index (χ3n) is 5.87. The number of aryl methyl sites for hydroxylation is 3. The third-order valence-corrected chi connectivity index (χ3v) is 8.59. The molecule has 0 bridgehead atoms.